The zero-order chi connectivity index (χ0) is 15.2. The summed E-state index contributed by atoms with van der Waals surface area (Å²) in [5, 5.41) is 3.34. The summed E-state index contributed by atoms with van der Waals surface area (Å²) in [5.74, 6) is 0.599. The number of hydrogen-bond donors (Lipinski definition) is 1. The molecule has 1 N–H and O–H groups in total. The van der Waals surface area contributed by atoms with E-state index >= 15 is 0 Å². The average Bonchev–Trinajstić information content (AvgIpc) is 2.57. The van der Waals surface area contributed by atoms with Gasteiger partial charge in [0.2, 0.25) is 0 Å². The molecule has 2 aliphatic heterocycles. The fourth-order valence-corrected chi connectivity index (χ4v) is 2.71. The minimum Gasteiger partial charge on any atom is -0.492 e. The second kappa shape index (κ2) is 7.42. The smallest absolute Gasteiger partial charge is 0.338 e. The molecule has 0 aromatic heterocycles. The third-order valence-electron chi connectivity index (χ3n) is 3.97. The van der Waals surface area contributed by atoms with Crippen LogP contribution in [0.4, 0.5) is 0 Å². The van der Waals surface area contributed by atoms with Crippen LogP contribution in [0.3, 0.4) is 0 Å². The molecule has 1 fully saturated rings. The Morgan fingerprint density at radius 2 is 1.95 bits per heavy atom. The van der Waals surface area contributed by atoms with E-state index in [4.69, 9.17) is 9.47 Å². The van der Waals surface area contributed by atoms with E-state index in [1.807, 2.05) is 30.3 Å². The molecular weight excluding hydrogens is 280 g/mol. The van der Waals surface area contributed by atoms with Crippen molar-refractivity contribution in [2.75, 3.05) is 45.9 Å². The zero-order valence-corrected chi connectivity index (χ0v) is 12.7. The lowest BCUT2D eigenvalue weighted by molar-refractivity contribution is -0.137. The highest BCUT2D eigenvalue weighted by atomic mass is 16.5. The summed E-state index contributed by atoms with van der Waals surface area (Å²) in [4.78, 5) is 14.1. The van der Waals surface area contributed by atoms with Gasteiger partial charge in [0.1, 0.15) is 12.4 Å². The molecule has 0 spiro atoms. The highest BCUT2D eigenvalue weighted by molar-refractivity contribution is 6.16. The first-order chi connectivity index (χ1) is 10.8. The minimum absolute atomic E-state index is 0.237. The van der Waals surface area contributed by atoms with Crippen LogP contribution in [0.5, 0.6) is 5.75 Å². The largest absolute Gasteiger partial charge is 0.492 e. The van der Waals surface area contributed by atoms with Gasteiger partial charge in [-0.1, -0.05) is 18.2 Å². The molecule has 2 heterocycles. The van der Waals surface area contributed by atoms with Crippen LogP contribution in [0.25, 0.3) is 5.57 Å². The molecule has 0 atom stereocenters. The maximum Gasteiger partial charge on any atom is 0.338 e. The second-order valence-electron chi connectivity index (χ2n) is 5.51. The number of ether oxygens (including phenoxy) is 2. The number of piperazine rings is 1. The van der Waals surface area contributed by atoms with Crippen molar-refractivity contribution in [1.82, 2.24) is 10.2 Å². The van der Waals surface area contributed by atoms with E-state index in [0.717, 1.165) is 50.5 Å². The summed E-state index contributed by atoms with van der Waals surface area (Å²) in [7, 11) is 0. The van der Waals surface area contributed by atoms with Crippen LogP contribution in [0, 0.1) is 0 Å². The minimum atomic E-state index is -0.237. The normalized spacial score (nSPS) is 19.5. The van der Waals surface area contributed by atoms with Crippen molar-refractivity contribution in [3.8, 4) is 5.75 Å². The number of hydrogen-bond acceptors (Lipinski definition) is 5. The quantitative estimate of drug-likeness (QED) is 0.831. The molecule has 118 valence electrons. The van der Waals surface area contributed by atoms with Crippen molar-refractivity contribution in [3.63, 3.8) is 0 Å². The summed E-state index contributed by atoms with van der Waals surface area (Å²) in [6.45, 7) is 6.39. The molecule has 5 heteroatoms. The van der Waals surface area contributed by atoms with Crippen LogP contribution in [0.15, 0.2) is 30.3 Å². The topological polar surface area (TPSA) is 50.8 Å². The van der Waals surface area contributed by atoms with Crippen LogP contribution in [0.2, 0.25) is 0 Å². The number of benzene rings is 1. The van der Waals surface area contributed by atoms with Gasteiger partial charge in [-0.3, -0.25) is 4.90 Å². The number of esters is 1. The number of rotatable bonds is 5. The van der Waals surface area contributed by atoms with Gasteiger partial charge in [0.15, 0.2) is 0 Å². The summed E-state index contributed by atoms with van der Waals surface area (Å²) in [5.41, 5.74) is 1.54. The van der Waals surface area contributed by atoms with Gasteiger partial charge in [-0.2, -0.15) is 0 Å². The first-order valence-corrected chi connectivity index (χ1v) is 7.86. The Balaban J connectivity index is 1.51. The summed E-state index contributed by atoms with van der Waals surface area (Å²) in [6, 6.07) is 7.66. The van der Waals surface area contributed by atoms with E-state index in [1.54, 1.807) is 0 Å². The van der Waals surface area contributed by atoms with Crippen molar-refractivity contribution in [2.24, 2.45) is 0 Å². The van der Waals surface area contributed by atoms with Crippen molar-refractivity contribution in [1.29, 1.82) is 0 Å². The molecule has 0 aliphatic carbocycles. The molecule has 5 nitrogen and oxygen atoms in total. The summed E-state index contributed by atoms with van der Waals surface area (Å²) >= 11 is 0. The molecule has 1 saturated heterocycles. The van der Waals surface area contributed by atoms with Gasteiger partial charge < -0.3 is 14.8 Å². The molecule has 3 rings (SSSR count). The molecule has 22 heavy (non-hydrogen) atoms. The molecule has 1 aromatic rings. The van der Waals surface area contributed by atoms with Crippen molar-refractivity contribution in [3.05, 3.63) is 35.9 Å². The van der Waals surface area contributed by atoms with Gasteiger partial charge in [0.05, 0.1) is 12.2 Å². The molecule has 1 aromatic carbocycles. The molecule has 0 bridgehead atoms. The molecular formula is C17H22N2O3. The van der Waals surface area contributed by atoms with Gasteiger partial charge in [-0.25, -0.2) is 4.79 Å². The van der Waals surface area contributed by atoms with E-state index in [1.165, 1.54) is 0 Å². The van der Waals surface area contributed by atoms with Gasteiger partial charge >= 0.3 is 5.97 Å². The Morgan fingerprint density at radius 3 is 2.68 bits per heavy atom. The lowest BCUT2D eigenvalue weighted by Gasteiger charge is -2.26. The monoisotopic (exact) mass is 302 g/mol. The van der Waals surface area contributed by atoms with E-state index in [9.17, 15) is 4.79 Å². The number of carbonyl (C=O) groups excluding carboxylic acids is 1. The molecule has 0 radical (unpaired) electrons. The fourth-order valence-electron chi connectivity index (χ4n) is 2.71. The van der Waals surface area contributed by atoms with Gasteiger partial charge in [-0.15, -0.1) is 0 Å². The van der Waals surface area contributed by atoms with Gasteiger partial charge in [0.25, 0.3) is 0 Å². The first-order valence-electron chi connectivity index (χ1n) is 7.86. The molecule has 0 unspecified atom stereocenters. The lowest BCUT2D eigenvalue weighted by Crippen LogP contribution is -2.44. The Hall–Kier alpha value is -1.85. The van der Waals surface area contributed by atoms with Crippen molar-refractivity contribution in [2.45, 2.75) is 6.42 Å². The Morgan fingerprint density at radius 1 is 1.18 bits per heavy atom. The predicted octanol–water partition coefficient (Wildman–Crippen LogP) is 1.30. The SMILES string of the molecule is O=C1OCCC=C1c1ccc(OCCN2CCNCC2)cc1. The maximum atomic E-state index is 11.7. The van der Waals surface area contributed by atoms with Gasteiger partial charge in [0, 0.05) is 39.1 Å². The highest BCUT2D eigenvalue weighted by Crippen LogP contribution is 2.22. The molecule has 2 aliphatic rings. The highest BCUT2D eigenvalue weighted by Gasteiger charge is 2.16. The molecule has 0 saturated carbocycles. The van der Waals surface area contributed by atoms with Crippen LogP contribution < -0.4 is 10.1 Å². The number of nitrogens with zero attached hydrogens (tertiary/aromatic N) is 1. The third kappa shape index (κ3) is 3.87. The van der Waals surface area contributed by atoms with E-state index < -0.39 is 0 Å². The lowest BCUT2D eigenvalue weighted by atomic mass is 10.0. The first kappa shape index (κ1) is 15.1. The van der Waals surface area contributed by atoms with Crippen LogP contribution >= 0.6 is 0 Å². The zero-order valence-electron chi connectivity index (χ0n) is 12.7. The Labute approximate surface area is 130 Å². The number of nitrogens with one attached hydrogen (secondary N) is 1. The number of carbonyl (C=O) groups is 1. The fraction of sp³-hybridized carbons (Fsp3) is 0.471. The van der Waals surface area contributed by atoms with E-state index in [-0.39, 0.29) is 5.97 Å². The van der Waals surface area contributed by atoms with Crippen molar-refractivity contribution < 1.29 is 14.3 Å². The average molecular weight is 302 g/mol. The summed E-state index contributed by atoms with van der Waals surface area (Å²) in [6.07, 6.45) is 2.72. The van der Waals surface area contributed by atoms with E-state index in [0.29, 0.717) is 18.8 Å². The third-order valence-corrected chi connectivity index (χ3v) is 3.97. The summed E-state index contributed by atoms with van der Waals surface area (Å²) < 4.78 is 10.8. The van der Waals surface area contributed by atoms with Crippen LogP contribution in [-0.4, -0.2) is 56.8 Å². The Bertz CT molecular complexity index is 533. The second-order valence-corrected chi connectivity index (χ2v) is 5.51. The Kier molecular flexibility index (Phi) is 5.08. The van der Waals surface area contributed by atoms with Crippen LogP contribution in [-0.2, 0) is 9.53 Å². The van der Waals surface area contributed by atoms with Crippen LogP contribution in [0.1, 0.15) is 12.0 Å². The van der Waals surface area contributed by atoms with Gasteiger partial charge in [-0.05, 0) is 17.7 Å². The molecule has 0 amide bonds. The number of cyclic esters (lactones) is 1. The predicted molar refractivity (Wildman–Crippen MR) is 84.8 cm³/mol. The van der Waals surface area contributed by atoms with E-state index in [2.05, 4.69) is 10.2 Å². The van der Waals surface area contributed by atoms with Crippen molar-refractivity contribution >= 4 is 11.5 Å². The maximum absolute atomic E-state index is 11.7. The standard InChI is InChI=1S/C17H22N2O3/c20-17-16(2-1-12-22-17)14-3-5-15(6-4-14)21-13-11-19-9-7-18-8-10-19/h2-6,18H,1,7-13H2.